The van der Waals surface area contributed by atoms with E-state index in [1.54, 1.807) is 0 Å². The maximum atomic E-state index is 12.7. The molecule has 21 heavy (non-hydrogen) atoms. The van der Waals surface area contributed by atoms with E-state index in [0.717, 1.165) is 0 Å². The Bertz CT molecular complexity index is 329. The third-order valence-corrected chi connectivity index (χ3v) is 10.7. The van der Waals surface area contributed by atoms with Crippen LogP contribution in [0.5, 0.6) is 0 Å². The third kappa shape index (κ3) is 5.82. The van der Waals surface area contributed by atoms with E-state index in [4.69, 9.17) is 9.05 Å². The maximum absolute atomic E-state index is 12.7. The Labute approximate surface area is 131 Å². The summed E-state index contributed by atoms with van der Waals surface area (Å²) in [5.41, 5.74) is 0.0957. The quantitative estimate of drug-likeness (QED) is 0.384. The molecule has 0 N–H and O–H groups in total. The molecule has 0 aliphatic heterocycles. The molecule has 0 unspecified atom stereocenters. The molecule has 0 bridgehead atoms. The van der Waals surface area contributed by atoms with Crippen LogP contribution in [0.15, 0.2) is 0 Å². The minimum Gasteiger partial charge on any atom is -0.328 e. The molecule has 0 aliphatic rings. The van der Waals surface area contributed by atoms with Crippen LogP contribution in [0.3, 0.4) is 0 Å². The van der Waals surface area contributed by atoms with Crippen LogP contribution in [0.1, 0.15) is 61.8 Å². The molecule has 0 aromatic rings. The lowest BCUT2D eigenvalue weighted by atomic mass is 10.5. The van der Waals surface area contributed by atoms with Crippen LogP contribution in [-0.2, 0) is 18.2 Å². The van der Waals surface area contributed by atoms with Crippen LogP contribution >= 0.6 is 14.7 Å². The van der Waals surface area contributed by atoms with Crippen LogP contribution in [-0.4, -0.2) is 35.8 Å². The van der Waals surface area contributed by atoms with Crippen molar-refractivity contribution in [3.05, 3.63) is 0 Å². The van der Waals surface area contributed by atoms with Gasteiger partial charge in [0, 0.05) is 22.6 Å². The van der Waals surface area contributed by atoms with Gasteiger partial charge in [-0.3, -0.25) is 9.13 Å². The lowest BCUT2D eigenvalue weighted by Crippen LogP contribution is -2.14. The summed E-state index contributed by atoms with van der Waals surface area (Å²) in [4.78, 5) is 0. The summed E-state index contributed by atoms with van der Waals surface area (Å²) in [5, 5.41) is 0. The molecule has 0 amide bonds. The van der Waals surface area contributed by atoms with Crippen molar-refractivity contribution in [3.8, 4) is 0 Å². The van der Waals surface area contributed by atoms with Crippen molar-refractivity contribution in [2.45, 2.75) is 84.4 Å². The zero-order valence-electron chi connectivity index (χ0n) is 15.0. The molecule has 0 atom stereocenters. The summed E-state index contributed by atoms with van der Waals surface area (Å²) in [5.74, 6) is 0. The Hall–Kier alpha value is 0.380. The predicted octanol–water partition coefficient (Wildman–Crippen LogP) is 5.60. The molecule has 0 radical (unpaired) electrons. The second-order valence-electron chi connectivity index (χ2n) is 6.69. The molecule has 0 heterocycles. The van der Waals surface area contributed by atoms with Crippen LogP contribution < -0.4 is 0 Å². The Morgan fingerprint density at radius 1 is 0.619 bits per heavy atom. The monoisotopic (exact) mass is 340 g/mol. The molecule has 0 aromatic carbocycles. The largest absolute Gasteiger partial charge is 0.328 e. The molecule has 4 nitrogen and oxygen atoms in total. The van der Waals surface area contributed by atoms with Crippen LogP contribution in [0.2, 0.25) is 0 Å². The van der Waals surface area contributed by atoms with Gasteiger partial charge in [-0.15, -0.1) is 0 Å². The van der Waals surface area contributed by atoms with Gasteiger partial charge in [0.15, 0.2) is 0 Å². The van der Waals surface area contributed by atoms with Gasteiger partial charge in [-0.25, -0.2) is 0 Å². The van der Waals surface area contributed by atoms with Crippen molar-refractivity contribution in [1.82, 2.24) is 0 Å². The molecular weight excluding hydrogens is 306 g/mol. The van der Waals surface area contributed by atoms with Crippen molar-refractivity contribution in [2.75, 3.05) is 13.2 Å². The highest BCUT2D eigenvalue weighted by molar-refractivity contribution is 7.60. The zero-order valence-corrected chi connectivity index (χ0v) is 16.7. The van der Waals surface area contributed by atoms with Crippen LogP contribution in [0.25, 0.3) is 0 Å². The topological polar surface area (TPSA) is 52.6 Å². The smallest absolute Gasteiger partial charge is 0.208 e. The third-order valence-electron chi connectivity index (χ3n) is 3.75. The molecule has 0 rings (SSSR count). The van der Waals surface area contributed by atoms with E-state index in [2.05, 4.69) is 0 Å². The van der Waals surface area contributed by atoms with Crippen molar-refractivity contribution >= 4 is 14.7 Å². The molecule has 6 heteroatoms. The van der Waals surface area contributed by atoms with E-state index < -0.39 is 14.7 Å². The first-order valence-corrected chi connectivity index (χ1v) is 11.5. The molecular formula is C15H34O4P2. The van der Waals surface area contributed by atoms with E-state index >= 15 is 0 Å². The van der Waals surface area contributed by atoms with E-state index in [9.17, 15) is 9.13 Å². The molecule has 0 aliphatic carbocycles. The fourth-order valence-electron chi connectivity index (χ4n) is 2.26. The van der Waals surface area contributed by atoms with Crippen LogP contribution in [0, 0.1) is 0 Å². The average Bonchev–Trinajstić information content (AvgIpc) is 2.36. The van der Waals surface area contributed by atoms with E-state index in [-0.39, 0.29) is 22.6 Å². The number of hydrogen-bond acceptors (Lipinski definition) is 4. The summed E-state index contributed by atoms with van der Waals surface area (Å²) in [6.07, 6.45) is 0.618. The fraction of sp³-hybridized carbons (Fsp3) is 1.00. The first kappa shape index (κ1) is 21.4. The fourth-order valence-corrected chi connectivity index (χ4v) is 6.67. The highest BCUT2D eigenvalue weighted by Crippen LogP contribution is 2.57. The second-order valence-corrected chi connectivity index (χ2v) is 13.9. The molecule has 128 valence electrons. The van der Waals surface area contributed by atoms with Crippen molar-refractivity contribution < 1.29 is 18.2 Å². The zero-order chi connectivity index (χ0) is 16.8. The standard InChI is InChI=1S/C15H34O4P2/c1-12(2)20(16,13(3)4)18-10-9-11-19-21(17,14(5)6)15(7)8/h12-15H,9-11H2,1-8H3. The minimum absolute atomic E-state index is 0.0239. The Kier molecular flexibility index (Phi) is 9.03. The maximum Gasteiger partial charge on any atom is 0.208 e. The molecule has 0 aromatic heterocycles. The predicted molar refractivity (Wildman–Crippen MR) is 92.3 cm³/mol. The van der Waals surface area contributed by atoms with Crippen molar-refractivity contribution in [2.24, 2.45) is 0 Å². The lowest BCUT2D eigenvalue weighted by Gasteiger charge is -2.27. The average molecular weight is 340 g/mol. The highest BCUT2D eigenvalue weighted by atomic mass is 31.2. The van der Waals surface area contributed by atoms with E-state index in [1.807, 2.05) is 55.4 Å². The summed E-state index contributed by atoms with van der Waals surface area (Å²) in [6.45, 7) is 16.3. The van der Waals surface area contributed by atoms with Gasteiger partial charge in [0.05, 0.1) is 13.2 Å². The van der Waals surface area contributed by atoms with Gasteiger partial charge in [-0.05, 0) is 6.42 Å². The van der Waals surface area contributed by atoms with Gasteiger partial charge in [-0.1, -0.05) is 55.4 Å². The van der Waals surface area contributed by atoms with Crippen LogP contribution in [0.4, 0.5) is 0 Å². The Morgan fingerprint density at radius 2 is 0.857 bits per heavy atom. The Morgan fingerprint density at radius 3 is 1.05 bits per heavy atom. The van der Waals surface area contributed by atoms with Gasteiger partial charge in [0.1, 0.15) is 0 Å². The van der Waals surface area contributed by atoms with Gasteiger partial charge in [0.2, 0.25) is 14.7 Å². The van der Waals surface area contributed by atoms with Gasteiger partial charge in [0.25, 0.3) is 0 Å². The second kappa shape index (κ2) is 8.87. The molecule has 0 saturated heterocycles. The SMILES string of the molecule is CC(C)P(=O)(OCCCOP(=O)(C(C)C)C(C)C)C(C)C. The summed E-state index contributed by atoms with van der Waals surface area (Å²) in [7, 11) is -5.21. The van der Waals surface area contributed by atoms with Crippen molar-refractivity contribution in [1.29, 1.82) is 0 Å². The van der Waals surface area contributed by atoms with E-state index in [0.29, 0.717) is 19.6 Å². The Balaban J connectivity index is 4.35. The number of rotatable bonds is 10. The highest BCUT2D eigenvalue weighted by Gasteiger charge is 2.33. The summed E-state index contributed by atoms with van der Waals surface area (Å²) < 4.78 is 36.7. The van der Waals surface area contributed by atoms with E-state index in [1.165, 1.54) is 0 Å². The molecule has 0 fully saturated rings. The van der Waals surface area contributed by atoms with Gasteiger partial charge >= 0.3 is 0 Å². The summed E-state index contributed by atoms with van der Waals surface area (Å²) >= 11 is 0. The summed E-state index contributed by atoms with van der Waals surface area (Å²) in [6, 6.07) is 0. The first-order chi connectivity index (χ1) is 9.48. The minimum atomic E-state index is -2.61. The first-order valence-electron chi connectivity index (χ1n) is 7.96. The van der Waals surface area contributed by atoms with Gasteiger partial charge in [-0.2, -0.15) is 0 Å². The lowest BCUT2D eigenvalue weighted by molar-refractivity contribution is 0.241. The number of hydrogen-bond donors (Lipinski definition) is 0. The van der Waals surface area contributed by atoms with Crippen molar-refractivity contribution in [3.63, 3.8) is 0 Å². The normalized spacial score (nSPS) is 13.9. The molecule has 0 saturated carbocycles. The van der Waals surface area contributed by atoms with Gasteiger partial charge < -0.3 is 9.05 Å². The molecule has 0 spiro atoms.